The van der Waals surface area contributed by atoms with Crippen molar-refractivity contribution in [1.82, 2.24) is 10.6 Å². The van der Waals surface area contributed by atoms with Crippen LogP contribution in [0.4, 0.5) is 10.5 Å². The summed E-state index contributed by atoms with van der Waals surface area (Å²) in [6.07, 6.45) is 0. The average Bonchev–Trinajstić information content (AvgIpc) is 2.57. The van der Waals surface area contributed by atoms with E-state index >= 15 is 0 Å². The Labute approximate surface area is 148 Å². The van der Waals surface area contributed by atoms with Gasteiger partial charge in [0.05, 0.1) is 11.6 Å². The molecule has 6 heteroatoms. The number of allylic oxidation sites excluding steroid dienone is 1. The van der Waals surface area contributed by atoms with E-state index in [2.05, 4.69) is 31.9 Å². The number of carbonyl (C=O) groups excluding carboxylic acids is 2. The summed E-state index contributed by atoms with van der Waals surface area (Å²) < 4.78 is 0.935. The topological polar surface area (TPSA) is 70.2 Å². The standard InChI is InChI=1S/C18H16BrN3O2/c1-11-15(17(23)21-14-9-7-13(19)8-10-14)16(22-18(24)20-11)12-5-3-2-4-6-12/h2-10,16H,1H3,(H,21,23)(H2,20,22,24)/t16-/m1/s1. The Morgan fingerprint density at radius 3 is 2.42 bits per heavy atom. The minimum Gasteiger partial charge on any atom is -0.327 e. The van der Waals surface area contributed by atoms with E-state index in [1.807, 2.05) is 54.6 Å². The van der Waals surface area contributed by atoms with Gasteiger partial charge in [0.1, 0.15) is 0 Å². The predicted molar refractivity (Wildman–Crippen MR) is 96.3 cm³/mol. The fraction of sp³-hybridized carbons (Fsp3) is 0.111. The number of amides is 3. The van der Waals surface area contributed by atoms with Crippen molar-refractivity contribution in [2.24, 2.45) is 0 Å². The summed E-state index contributed by atoms with van der Waals surface area (Å²) in [5.41, 5.74) is 2.57. The van der Waals surface area contributed by atoms with E-state index in [0.717, 1.165) is 10.0 Å². The molecule has 0 fully saturated rings. The van der Waals surface area contributed by atoms with Gasteiger partial charge in [-0.1, -0.05) is 46.3 Å². The molecule has 0 aliphatic carbocycles. The van der Waals surface area contributed by atoms with Crippen molar-refractivity contribution in [2.45, 2.75) is 13.0 Å². The molecule has 3 rings (SSSR count). The number of rotatable bonds is 3. The Morgan fingerprint density at radius 2 is 1.75 bits per heavy atom. The third kappa shape index (κ3) is 3.49. The van der Waals surface area contributed by atoms with Crippen molar-refractivity contribution in [2.75, 3.05) is 5.32 Å². The summed E-state index contributed by atoms with van der Waals surface area (Å²) in [6, 6.07) is 15.9. The number of nitrogens with one attached hydrogen (secondary N) is 3. The second-order valence-electron chi connectivity index (χ2n) is 5.44. The van der Waals surface area contributed by atoms with Gasteiger partial charge in [0.15, 0.2) is 0 Å². The van der Waals surface area contributed by atoms with Gasteiger partial charge in [0.25, 0.3) is 5.91 Å². The summed E-state index contributed by atoms with van der Waals surface area (Å²) in [5, 5.41) is 8.35. The summed E-state index contributed by atoms with van der Waals surface area (Å²) in [5.74, 6) is -0.254. The molecule has 122 valence electrons. The van der Waals surface area contributed by atoms with Crippen molar-refractivity contribution in [1.29, 1.82) is 0 Å². The lowest BCUT2D eigenvalue weighted by Crippen LogP contribution is -2.45. The highest BCUT2D eigenvalue weighted by molar-refractivity contribution is 9.10. The molecule has 3 N–H and O–H groups in total. The Kier molecular flexibility index (Phi) is 4.66. The van der Waals surface area contributed by atoms with Gasteiger partial charge < -0.3 is 16.0 Å². The smallest absolute Gasteiger partial charge is 0.319 e. The van der Waals surface area contributed by atoms with Crippen LogP contribution < -0.4 is 16.0 Å². The van der Waals surface area contributed by atoms with Crippen LogP contribution in [0.25, 0.3) is 0 Å². The first-order valence-electron chi connectivity index (χ1n) is 7.45. The minimum atomic E-state index is -0.490. The molecule has 1 aliphatic heterocycles. The SMILES string of the molecule is CC1=C(C(=O)Nc2ccc(Br)cc2)[C@@H](c2ccccc2)NC(=O)N1. The number of benzene rings is 2. The van der Waals surface area contributed by atoms with E-state index < -0.39 is 6.04 Å². The Hall–Kier alpha value is -2.60. The quantitative estimate of drug-likeness (QED) is 0.753. The highest BCUT2D eigenvalue weighted by Gasteiger charge is 2.30. The molecule has 0 spiro atoms. The molecule has 24 heavy (non-hydrogen) atoms. The van der Waals surface area contributed by atoms with Crippen molar-refractivity contribution in [3.8, 4) is 0 Å². The van der Waals surface area contributed by atoms with Gasteiger partial charge in [0.2, 0.25) is 0 Å². The number of anilines is 1. The van der Waals surface area contributed by atoms with Crippen molar-refractivity contribution in [3.63, 3.8) is 0 Å². The van der Waals surface area contributed by atoms with E-state index in [4.69, 9.17) is 0 Å². The van der Waals surface area contributed by atoms with Gasteiger partial charge in [-0.2, -0.15) is 0 Å². The van der Waals surface area contributed by atoms with E-state index in [0.29, 0.717) is 17.0 Å². The maximum Gasteiger partial charge on any atom is 0.319 e. The molecule has 0 radical (unpaired) electrons. The molecular formula is C18H16BrN3O2. The predicted octanol–water partition coefficient (Wildman–Crippen LogP) is 3.72. The summed E-state index contributed by atoms with van der Waals surface area (Å²) in [7, 11) is 0. The van der Waals surface area contributed by atoms with Crippen LogP contribution in [0.2, 0.25) is 0 Å². The third-order valence-corrected chi connectivity index (χ3v) is 4.28. The summed E-state index contributed by atoms with van der Waals surface area (Å²) in [6.45, 7) is 1.73. The van der Waals surface area contributed by atoms with Crippen molar-refractivity contribution in [3.05, 3.63) is 75.9 Å². The Bertz CT molecular complexity index is 801. The van der Waals surface area contributed by atoms with Crippen LogP contribution in [0.15, 0.2) is 70.3 Å². The Balaban J connectivity index is 1.92. The molecule has 3 amide bonds. The van der Waals surface area contributed by atoms with Crippen LogP contribution in [0.1, 0.15) is 18.5 Å². The lowest BCUT2D eigenvalue weighted by molar-refractivity contribution is -0.113. The Morgan fingerprint density at radius 1 is 1.08 bits per heavy atom. The van der Waals surface area contributed by atoms with Gasteiger partial charge >= 0.3 is 6.03 Å². The molecule has 1 atom stereocenters. The molecule has 2 aromatic carbocycles. The fourth-order valence-corrected chi connectivity index (χ4v) is 2.89. The minimum absolute atomic E-state index is 0.254. The molecule has 0 bridgehead atoms. The molecule has 0 unspecified atom stereocenters. The monoisotopic (exact) mass is 385 g/mol. The second-order valence-corrected chi connectivity index (χ2v) is 6.36. The van der Waals surface area contributed by atoms with Gasteiger partial charge in [-0.05, 0) is 36.8 Å². The highest BCUT2D eigenvalue weighted by Crippen LogP contribution is 2.27. The zero-order chi connectivity index (χ0) is 17.1. The molecule has 0 saturated carbocycles. The van der Waals surface area contributed by atoms with Crippen molar-refractivity contribution >= 4 is 33.6 Å². The number of carbonyl (C=O) groups is 2. The van der Waals surface area contributed by atoms with E-state index in [-0.39, 0.29) is 11.9 Å². The first-order valence-corrected chi connectivity index (χ1v) is 8.24. The van der Waals surface area contributed by atoms with Gasteiger partial charge in [-0.3, -0.25) is 4.79 Å². The van der Waals surface area contributed by atoms with Crippen LogP contribution in [0.5, 0.6) is 0 Å². The molecule has 0 aromatic heterocycles. The fourth-order valence-electron chi connectivity index (χ4n) is 2.62. The normalized spacial score (nSPS) is 17.1. The van der Waals surface area contributed by atoms with Gasteiger partial charge in [-0.15, -0.1) is 0 Å². The number of hydrogen-bond acceptors (Lipinski definition) is 2. The van der Waals surface area contributed by atoms with Crippen LogP contribution >= 0.6 is 15.9 Å². The first-order chi connectivity index (χ1) is 11.5. The highest BCUT2D eigenvalue weighted by atomic mass is 79.9. The lowest BCUT2D eigenvalue weighted by Gasteiger charge is -2.28. The van der Waals surface area contributed by atoms with Crippen LogP contribution in [-0.4, -0.2) is 11.9 Å². The number of hydrogen-bond donors (Lipinski definition) is 3. The largest absolute Gasteiger partial charge is 0.327 e. The van der Waals surface area contributed by atoms with Crippen LogP contribution in [0, 0.1) is 0 Å². The second kappa shape index (κ2) is 6.88. The average molecular weight is 386 g/mol. The van der Waals surface area contributed by atoms with Gasteiger partial charge in [-0.25, -0.2) is 4.79 Å². The summed E-state index contributed by atoms with van der Waals surface area (Å²) >= 11 is 3.37. The third-order valence-electron chi connectivity index (χ3n) is 3.75. The maximum absolute atomic E-state index is 12.8. The molecule has 2 aromatic rings. The molecule has 1 heterocycles. The van der Waals surface area contributed by atoms with E-state index in [1.54, 1.807) is 6.92 Å². The zero-order valence-electron chi connectivity index (χ0n) is 13.0. The maximum atomic E-state index is 12.8. The number of urea groups is 1. The molecular weight excluding hydrogens is 370 g/mol. The van der Waals surface area contributed by atoms with Crippen molar-refractivity contribution < 1.29 is 9.59 Å². The zero-order valence-corrected chi connectivity index (χ0v) is 14.6. The number of halogens is 1. The lowest BCUT2D eigenvalue weighted by atomic mass is 9.95. The molecule has 0 saturated heterocycles. The van der Waals surface area contributed by atoms with Crippen LogP contribution in [0.3, 0.4) is 0 Å². The van der Waals surface area contributed by atoms with E-state index in [9.17, 15) is 9.59 Å². The van der Waals surface area contributed by atoms with Gasteiger partial charge in [0, 0.05) is 15.9 Å². The molecule has 5 nitrogen and oxygen atoms in total. The van der Waals surface area contributed by atoms with Crippen LogP contribution in [-0.2, 0) is 4.79 Å². The first kappa shape index (κ1) is 16.3. The summed E-state index contributed by atoms with van der Waals surface area (Å²) in [4.78, 5) is 24.6. The van der Waals surface area contributed by atoms with E-state index in [1.165, 1.54) is 0 Å². The molecule has 1 aliphatic rings.